The smallest absolute Gasteiger partial charge is 0.0701 e. The van der Waals surface area contributed by atoms with Gasteiger partial charge in [-0.2, -0.15) is 0 Å². The first-order valence-electron chi connectivity index (χ1n) is 6.53. The van der Waals surface area contributed by atoms with Gasteiger partial charge >= 0.3 is 0 Å². The molecule has 0 aliphatic rings. The molecule has 0 rings (SSSR count). The maximum Gasteiger partial charge on any atom is 0.0701 e. The van der Waals surface area contributed by atoms with Gasteiger partial charge in [0.25, 0.3) is 0 Å². The van der Waals surface area contributed by atoms with Crippen molar-refractivity contribution in [2.45, 2.75) is 52.5 Å². The van der Waals surface area contributed by atoms with Crippen molar-refractivity contribution in [1.29, 1.82) is 0 Å². The molecule has 0 unspecified atom stereocenters. The first-order valence-corrected chi connectivity index (χ1v) is 6.53. The van der Waals surface area contributed by atoms with Gasteiger partial charge in [0.1, 0.15) is 0 Å². The minimum absolute atomic E-state index is 0.223. The third-order valence-electron chi connectivity index (χ3n) is 2.75. The van der Waals surface area contributed by atoms with Gasteiger partial charge in [0.15, 0.2) is 0 Å². The highest BCUT2D eigenvalue weighted by Crippen LogP contribution is 2.05. The Labute approximate surface area is 101 Å². The van der Waals surface area contributed by atoms with Crippen molar-refractivity contribution in [3.8, 4) is 0 Å². The minimum Gasteiger partial charge on any atom is -0.379 e. The number of unbranched alkanes of at least 4 members (excludes halogenated alkanes) is 1. The van der Waals surface area contributed by atoms with Crippen molar-refractivity contribution < 1.29 is 9.47 Å². The molecule has 3 nitrogen and oxygen atoms in total. The fourth-order valence-electron chi connectivity index (χ4n) is 1.15. The van der Waals surface area contributed by atoms with Crippen molar-refractivity contribution in [2.24, 2.45) is 0 Å². The second-order valence-electron chi connectivity index (χ2n) is 4.74. The normalized spacial score (nSPS) is 12.0. The topological polar surface area (TPSA) is 30.5 Å². The van der Waals surface area contributed by atoms with Crippen molar-refractivity contribution in [3.63, 3.8) is 0 Å². The first-order chi connectivity index (χ1) is 7.62. The maximum atomic E-state index is 5.47. The molecule has 0 atom stereocenters. The van der Waals surface area contributed by atoms with Crippen LogP contribution in [0.3, 0.4) is 0 Å². The second-order valence-corrected chi connectivity index (χ2v) is 4.74. The molecule has 0 saturated carbocycles. The van der Waals surface area contributed by atoms with Crippen LogP contribution in [0.25, 0.3) is 0 Å². The predicted octanol–water partition coefficient (Wildman–Crippen LogP) is 2.60. The molecule has 0 aromatic carbocycles. The largest absolute Gasteiger partial charge is 0.379 e. The summed E-state index contributed by atoms with van der Waals surface area (Å²) in [5.74, 6) is 0. The van der Waals surface area contributed by atoms with E-state index in [4.69, 9.17) is 9.47 Å². The molecule has 0 saturated heterocycles. The van der Waals surface area contributed by atoms with Crippen molar-refractivity contribution in [3.05, 3.63) is 0 Å². The Balaban J connectivity index is 3.10. The summed E-state index contributed by atoms with van der Waals surface area (Å²) in [4.78, 5) is 0. The van der Waals surface area contributed by atoms with E-state index >= 15 is 0 Å². The monoisotopic (exact) mass is 231 g/mol. The zero-order chi connectivity index (χ0) is 12.3. The highest BCUT2D eigenvalue weighted by Gasteiger charge is 2.12. The molecule has 0 fully saturated rings. The van der Waals surface area contributed by atoms with Crippen LogP contribution < -0.4 is 5.32 Å². The summed E-state index contributed by atoms with van der Waals surface area (Å²) in [6.07, 6.45) is 3.47. The fraction of sp³-hybridized carbons (Fsp3) is 1.00. The maximum absolute atomic E-state index is 5.47. The lowest BCUT2D eigenvalue weighted by Crippen LogP contribution is -2.40. The Morgan fingerprint density at radius 3 is 2.12 bits per heavy atom. The summed E-state index contributed by atoms with van der Waals surface area (Å²) in [6.45, 7) is 12.7. The molecular formula is C13H29NO2. The van der Waals surface area contributed by atoms with Crippen LogP contribution in [0.5, 0.6) is 0 Å². The van der Waals surface area contributed by atoms with Crippen LogP contribution >= 0.6 is 0 Å². The molecule has 3 heteroatoms. The third-order valence-corrected chi connectivity index (χ3v) is 2.75. The van der Waals surface area contributed by atoms with E-state index in [2.05, 4.69) is 33.0 Å². The van der Waals surface area contributed by atoms with E-state index in [0.29, 0.717) is 6.61 Å². The van der Waals surface area contributed by atoms with Gasteiger partial charge in [0.05, 0.1) is 19.8 Å². The number of nitrogens with one attached hydrogen (secondary N) is 1. The Bertz CT molecular complexity index is 149. The lowest BCUT2D eigenvalue weighted by Gasteiger charge is -2.24. The second kappa shape index (κ2) is 10.1. The van der Waals surface area contributed by atoms with Crippen LogP contribution in [0.2, 0.25) is 0 Å². The highest BCUT2D eigenvalue weighted by molar-refractivity contribution is 4.74. The summed E-state index contributed by atoms with van der Waals surface area (Å²) < 4.78 is 10.9. The Morgan fingerprint density at radius 2 is 1.56 bits per heavy atom. The average Bonchev–Trinajstić information content (AvgIpc) is 2.27. The van der Waals surface area contributed by atoms with Crippen molar-refractivity contribution >= 4 is 0 Å². The van der Waals surface area contributed by atoms with Gasteiger partial charge in [-0.3, -0.25) is 0 Å². The molecule has 98 valence electrons. The summed E-state index contributed by atoms with van der Waals surface area (Å²) >= 11 is 0. The van der Waals surface area contributed by atoms with E-state index < -0.39 is 0 Å². The molecule has 0 aromatic rings. The number of ether oxygens (including phenoxy) is 2. The number of hydrogen-bond donors (Lipinski definition) is 1. The predicted molar refractivity (Wildman–Crippen MR) is 68.9 cm³/mol. The van der Waals surface area contributed by atoms with E-state index in [1.807, 2.05) is 0 Å². The number of hydrogen-bond acceptors (Lipinski definition) is 3. The van der Waals surface area contributed by atoms with Crippen LogP contribution in [0.1, 0.15) is 47.0 Å². The van der Waals surface area contributed by atoms with Gasteiger partial charge in [0.2, 0.25) is 0 Å². The Morgan fingerprint density at radius 1 is 0.938 bits per heavy atom. The molecule has 0 heterocycles. The lowest BCUT2D eigenvalue weighted by molar-refractivity contribution is 0.0461. The summed E-state index contributed by atoms with van der Waals surface area (Å²) in [7, 11) is 0. The van der Waals surface area contributed by atoms with E-state index in [9.17, 15) is 0 Å². The molecule has 16 heavy (non-hydrogen) atoms. The fourth-order valence-corrected chi connectivity index (χ4v) is 1.15. The summed E-state index contributed by atoms with van der Waals surface area (Å²) in [5.41, 5.74) is 0.223. The van der Waals surface area contributed by atoms with E-state index in [1.54, 1.807) is 0 Å². The molecular weight excluding hydrogens is 202 g/mol. The standard InChI is InChI=1S/C13H29NO2/c1-5-7-9-15-11-12-16-10-8-14-13(3,4)6-2/h14H,5-12H2,1-4H3. The zero-order valence-electron chi connectivity index (χ0n) is 11.5. The number of rotatable bonds is 11. The van der Waals surface area contributed by atoms with Gasteiger partial charge in [-0.15, -0.1) is 0 Å². The quantitative estimate of drug-likeness (QED) is 0.554. The SMILES string of the molecule is CCCCOCCOCCNC(C)(C)CC. The van der Waals surface area contributed by atoms with Crippen LogP contribution in [0, 0.1) is 0 Å². The van der Waals surface area contributed by atoms with Crippen LogP contribution in [-0.4, -0.2) is 38.5 Å². The zero-order valence-corrected chi connectivity index (χ0v) is 11.5. The van der Waals surface area contributed by atoms with Gasteiger partial charge in [0, 0.05) is 18.7 Å². The van der Waals surface area contributed by atoms with Gasteiger partial charge in [-0.25, -0.2) is 0 Å². The van der Waals surface area contributed by atoms with Gasteiger partial charge in [-0.1, -0.05) is 20.3 Å². The molecule has 0 aliphatic heterocycles. The summed E-state index contributed by atoms with van der Waals surface area (Å²) in [5, 5.41) is 3.45. The molecule has 0 aromatic heterocycles. The molecule has 0 amide bonds. The van der Waals surface area contributed by atoms with Crippen molar-refractivity contribution in [2.75, 3.05) is 33.0 Å². The van der Waals surface area contributed by atoms with E-state index in [1.165, 1.54) is 6.42 Å². The van der Waals surface area contributed by atoms with E-state index in [-0.39, 0.29) is 5.54 Å². The Kier molecular flexibility index (Phi) is 9.99. The molecule has 1 N–H and O–H groups in total. The summed E-state index contributed by atoms with van der Waals surface area (Å²) in [6, 6.07) is 0. The minimum atomic E-state index is 0.223. The van der Waals surface area contributed by atoms with E-state index in [0.717, 1.165) is 39.2 Å². The average molecular weight is 231 g/mol. The van der Waals surface area contributed by atoms with Crippen LogP contribution in [-0.2, 0) is 9.47 Å². The van der Waals surface area contributed by atoms with Gasteiger partial charge in [-0.05, 0) is 26.7 Å². The molecule has 0 aliphatic carbocycles. The lowest BCUT2D eigenvalue weighted by atomic mass is 10.0. The third kappa shape index (κ3) is 10.4. The Hall–Kier alpha value is -0.120. The molecule has 0 radical (unpaired) electrons. The first kappa shape index (κ1) is 15.9. The van der Waals surface area contributed by atoms with Gasteiger partial charge < -0.3 is 14.8 Å². The molecule has 0 spiro atoms. The van der Waals surface area contributed by atoms with Crippen LogP contribution in [0.15, 0.2) is 0 Å². The van der Waals surface area contributed by atoms with Crippen molar-refractivity contribution in [1.82, 2.24) is 5.32 Å². The van der Waals surface area contributed by atoms with Crippen LogP contribution in [0.4, 0.5) is 0 Å². The highest BCUT2D eigenvalue weighted by atomic mass is 16.5. The molecule has 0 bridgehead atoms.